The average Bonchev–Trinajstić information content (AvgIpc) is 3.24. The number of aromatic nitrogens is 1. The fourth-order valence-electron chi connectivity index (χ4n) is 3.71. The highest BCUT2D eigenvalue weighted by Crippen LogP contribution is 2.32. The summed E-state index contributed by atoms with van der Waals surface area (Å²) in [4.78, 5) is 6.48. The molecule has 1 aliphatic heterocycles. The van der Waals surface area contributed by atoms with E-state index in [1.165, 1.54) is 29.0 Å². The third-order valence-electron chi connectivity index (χ3n) is 5.36. The highest BCUT2D eigenvalue weighted by atomic mass is 35.5. The van der Waals surface area contributed by atoms with Crippen LogP contribution in [0.15, 0.2) is 65.0 Å². The number of likely N-dealkylation sites (tertiary alicyclic amines) is 1. The van der Waals surface area contributed by atoms with Crippen LogP contribution in [0.3, 0.4) is 0 Å². The van der Waals surface area contributed by atoms with Crippen molar-refractivity contribution in [2.45, 2.75) is 43.4 Å². The molecule has 4 rings (SSSR count). The predicted molar refractivity (Wildman–Crippen MR) is 124 cm³/mol. The van der Waals surface area contributed by atoms with E-state index in [1.54, 1.807) is 17.6 Å². The van der Waals surface area contributed by atoms with Crippen molar-refractivity contribution in [1.29, 1.82) is 0 Å². The number of thiazole rings is 1. The van der Waals surface area contributed by atoms with Crippen LogP contribution in [-0.2, 0) is 16.6 Å². The smallest absolute Gasteiger partial charge is 0.263 e. The molecule has 2 aromatic carbocycles. The monoisotopic (exact) mass is 477 g/mol. The van der Waals surface area contributed by atoms with E-state index in [2.05, 4.69) is 45.8 Å². The number of piperidine rings is 1. The third kappa shape index (κ3) is 5.57. The van der Waals surface area contributed by atoms with E-state index in [-0.39, 0.29) is 16.0 Å². The normalized spacial score (nSPS) is 19.8. The zero-order valence-corrected chi connectivity index (χ0v) is 19.5. The van der Waals surface area contributed by atoms with Crippen LogP contribution >= 0.6 is 22.9 Å². The number of halogens is 1. The van der Waals surface area contributed by atoms with Crippen molar-refractivity contribution in [3.63, 3.8) is 0 Å². The van der Waals surface area contributed by atoms with Gasteiger partial charge >= 0.3 is 0 Å². The van der Waals surface area contributed by atoms with Gasteiger partial charge in [0.1, 0.15) is 11.9 Å². The van der Waals surface area contributed by atoms with Crippen LogP contribution in [0.4, 0.5) is 5.13 Å². The summed E-state index contributed by atoms with van der Waals surface area (Å²) in [6.45, 7) is 4.07. The van der Waals surface area contributed by atoms with Crippen molar-refractivity contribution in [2.24, 2.45) is 0 Å². The molecule has 164 valence electrons. The Hall–Kier alpha value is -2.13. The van der Waals surface area contributed by atoms with Gasteiger partial charge in [0.25, 0.3) is 10.0 Å². The van der Waals surface area contributed by atoms with E-state index in [1.807, 2.05) is 6.07 Å². The number of sulfonamides is 1. The Bertz CT molecular complexity index is 1110. The molecule has 1 aliphatic rings. The SMILES string of the molecule is C[C@@H]1C[C@@H](Oc2ccc(S(=O)(=O)Nc3nccs3)cc2Cl)CCN1Cc1ccccc1. The molecule has 0 saturated carbocycles. The molecule has 0 unspecified atom stereocenters. The minimum Gasteiger partial charge on any atom is -0.489 e. The number of anilines is 1. The Labute approximate surface area is 191 Å². The van der Waals surface area contributed by atoms with Gasteiger partial charge in [-0.2, -0.15) is 0 Å². The molecule has 3 aromatic rings. The maximum atomic E-state index is 12.5. The summed E-state index contributed by atoms with van der Waals surface area (Å²) in [5.74, 6) is 0.503. The number of benzene rings is 2. The molecular formula is C22H24ClN3O3S2. The van der Waals surface area contributed by atoms with Gasteiger partial charge in [0.05, 0.1) is 9.92 Å². The molecule has 1 saturated heterocycles. The van der Waals surface area contributed by atoms with E-state index in [0.717, 1.165) is 25.9 Å². The Kier molecular flexibility index (Phi) is 6.81. The van der Waals surface area contributed by atoms with E-state index in [4.69, 9.17) is 16.3 Å². The fourth-order valence-corrected chi connectivity index (χ4v) is 5.81. The standard InChI is InChI=1S/C22H24ClN3O3S2/c1-16-13-18(9-11-26(16)15-17-5-3-2-4-6-17)29-21-8-7-19(14-20(21)23)31(27,28)25-22-24-10-12-30-22/h2-8,10,12,14,16,18H,9,11,13,15H2,1H3,(H,24,25)/t16-,18+/m1/s1. The second-order valence-corrected chi connectivity index (χ2v) is 10.6. The van der Waals surface area contributed by atoms with Crippen LogP contribution in [0.25, 0.3) is 0 Å². The zero-order chi connectivity index (χ0) is 21.8. The molecule has 0 bridgehead atoms. The number of nitrogens with one attached hydrogen (secondary N) is 1. The molecule has 31 heavy (non-hydrogen) atoms. The van der Waals surface area contributed by atoms with Crippen molar-refractivity contribution in [2.75, 3.05) is 11.3 Å². The molecule has 0 aliphatic carbocycles. The highest BCUT2D eigenvalue weighted by Gasteiger charge is 2.27. The molecule has 6 nitrogen and oxygen atoms in total. The van der Waals surface area contributed by atoms with Gasteiger partial charge in [0, 0.05) is 30.7 Å². The first-order valence-electron chi connectivity index (χ1n) is 10.1. The molecule has 2 atom stereocenters. The molecule has 1 N–H and O–H groups in total. The Morgan fingerprint density at radius 3 is 2.74 bits per heavy atom. The van der Waals surface area contributed by atoms with Gasteiger partial charge in [0.15, 0.2) is 5.13 Å². The quantitative estimate of drug-likeness (QED) is 0.516. The van der Waals surface area contributed by atoms with Crippen LogP contribution < -0.4 is 9.46 Å². The number of hydrogen-bond donors (Lipinski definition) is 1. The van der Waals surface area contributed by atoms with Gasteiger partial charge in [-0.1, -0.05) is 41.9 Å². The van der Waals surface area contributed by atoms with Crippen LogP contribution in [-0.4, -0.2) is 37.0 Å². The minimum atomic E-state index is -3.75. The molecule has 1 aromatic heterocycles. The van der Waals surface area contributed by atoms with Crippen LogP contribution in [0, 0.1) is 0 Å². The Morgan fingerprint density at radius 2 is 2.06 bits per heavy atom. The lowest BCUT2D eigenvalue weighted by Gasteiger charge is -2.37. The number of ether oxygens (including phenoxy) is 1. The minimum absolute atomic E-state index is 0.0374. The second kappa shape index (κ2) is 9.56. The van der Waals surface area contributed by atoms with E-state index in [9.17, 15) is 8.42 Å². The third-order valence-corrected chi connectivity index (χ3v) is 7.81. The number of nitrogens with zero attached hydrogens (tertiary/aromatic N) is 2. The van der Waals surface area contributed by atoms with Gasteiger partial charge < -0.3 is 4.74 Å². The molecule has 0 amide bonds. The second-order valence-electron chi connectivity index (χ2n) is 7.60. The first kappa shape index (κ1) is 22.1. The first-order chi connectivity index (χ1) is 14.9. The summed E-state index contributed by atoms with van der Waals surface area (Å²) in [6, 6.07) is 15.4. The average molecular weight is 478 g/mol. The highest BCUT2D eigenvalue weighted by molar-refractivity contribution is 7.93. The van der Waals surface area contributed by atoms with Crippen LogP contribution in [0.5, 0.6) is 5.75 Å². The van der Waals surface area contributed by atoms with Crippen molar-refractivity contribution < 1.29 is 13.2 Å². The van der Waals surface area contributed by atoms with Crippen LogP contribution in [0.2, 0.25) is 5.02 Å². The summed E-state index contributed by atoms with van der Waals surface area (Å²) in [5.41, 5.74) is 1.31. The molecular weight excluding hydrogens is 454 g/mol. The van der Waals surface area contributed by atoms with Gasteiger partial charge in [0.2, 0.25) is 0 Å². The van der Waals surface area contributed by atoms with Gasteiger partial charge in [-0.15, -0.1) is 11.3 Å². The van der Waals surface area contributed by atoms with Crippen molar-refractivity contribution in [3.05, 3.63) is 70.7 Å². The lowest BCUT2D eigenvalue weighted by atomic mass is 9.99. The van der Waals surface area contributed by atoms with Crippen molar-refractivity contribution in [1.82, 2.24) is 9.88 Å². The molecule has 2 heterocycles. The van der Waals surface area contributed by atoms with Gasteiger partial charge in [-0.25, -0.2) is 13.4 Å². The van der Waals surface area contributed by atoms with E-state index in [0.29, 0.717) is 16.9 Å². The maximum absolute atomic E-state index is 12.5. The first-order valence-corrected chi connectivity index (χ1v) is 12.8. The van der Waals surface area contributed by atoms with Crippen molar-refractivity contribution >= 4 is 38.1 Å². The molecule has 0 radical (unpaired) electrons. The topological polar surface area (TPSA) is 71.5 Å². The summed E-state index contributed by atoms with van der Waals surface area (Å²) >= 11 is 7.58. The van der Waals surface area contributed by atoms with Gasteiger partial charge in [-0.05, 0) is 43.5 Å². The van der Waals surface area contributed by atoms with Gasteiger partial charge in [-0.3, -0.25) is 9.62 Å². The lowest BCUT2D eigenvalue weighted by Crippen LogP contribution is -2.43. The molecule has 1 fully saturated rings. The Morgan fingerprint density at radius 1 is 1.26 bits per heavy atom. The lowest BCUT2D eigenvalue weighted by molar-refractivity contribution is 0.0586. The zero-order valence-electron chi connectivity index (χ0n) is 17.1. The predicted octanol–water partition coefficient (Wildman–Crippen LogP) is 5.03. The molecule has 9 heteroatoms. The maximum Gasteiger partial charge on any atom is 0.263 e. The summed E-state index contributed by atoms with van der Waals surface area (Å²) in [5, 5.41) is 2.29. The summed E-state index contributed by atoms with van der Waals surface area (Å²) < 4.78 is 33.7. The molecule has 0 spiro atoms. The van der Waals surface area contributed by atoms with E-state index < -0.39 is 10.0 Å². The largest absolute Gasteiger partial charge is 0.489 e. The summed E-state index contributed by atoms with van der Waals surface area (Å²) in [6.07, 6.45) is 3.35. The van der Waals surface area contributed by atoms with Crippen LogP contribution in [0.1, 0.15) is 25.3 Å². The van der Waals surface area contributed by atoms with Crippen molar-refractivity contribution in [3.8, 4) is 5.75 Å². The number of hydrogen-bond acceptors (Lipinski definition) is 6. The summed E-state index contributed by atoms with van der Waals surface area (Å²) in [7, 11) is -3.75. The Balaban J connectivity index is 1.37. The van der Waals surface area contributed by atoms with E-state index >= 15 is 0 Å². The number of rotatable bonds is 7. The fraction of sp³-hybridized carbons (Fsp3) is 0.318.